The molecule has 156 valence electrons. The topological polar surface area (TPSA) is 71.0 Å². The second-order valence-corrected chi connectivity index (χ2v) is 7.71. The first-order chi connectivity index (χ1) is 14.0. The van der Waals surface area contributed by atoms with E-state index in [2.05, 4.69) is 5.32 Å². The van der Waals surface area contributed by atoms with Crippen LogP contribution in [0.25, 0.3) is 0 Å². The lowest BCUT2D eigenvalue weighted by atomic mass is 9.92. The van der Waals surface area contributed by atoms with Crippen LogP contribution in [0.4, 0.5) is 4.79 Å². The van der Waals surface area contributed by atoms with Crippen LogP contribution in [0.5, 0.6) is 5.75 Å². The number of carboxylic acid groups (broad SMARTS) is 1. The lowest BCUT2D eigenvalue weighted by Crippen LogP contribution is -2.38. The highest BCUT2D eigenvalue weighted by Gasteiger charge is 2.31. The number of ether oxygens (including phenoxy) is 2. The van der Waals surface area contributed by atoms with Gasteiger partial charge in [0.2, 0.25) is 0 Å². The number of nitrogens with one attached hydrogen (secondary N) is 1. The molecule has 3 rings (SSSR count). The quantitative estimate of drug-likeness (QED) is 0.704. The predicted molar refractivity (Wildman–Crippen MR) is 113 cm³/mol. The fraction of sp³-hybridized carbons (Fsp3) is 0.381. The van der Waals surface area contributed by atoms with Gasteiger partial charge in [0.25, 0.3) is 0 Å². The van der Waals surface area contributed by atoms with E-state index in [1.807, 2.05) is 30.3 Å². The van der Waals surface area contributed by atoms with Crippen molar-refractivity contribution < 1.29 is 19.4 Å². The van der Waals surface area contributed by atoms with E-state index in [0.29, 0.717) is 42.8 Å². The fourth-order valence-corrected chi connectivity index (χ4v) is 3.72. The van der Waals surface area contributed by atoms with Crippen molar-refractivity contribution in [2.45, 2.75) is 18.6 Å². The summed E-state index contributed by atoms with van der Waals surface area (Å²) in [6.07, 6.45) is -1.15. The minimum atomic E-state index is -0.953. The van der Waals surface area contributed by atoms with Crippen LogP contribution in [0.3, 0.4) is 0 Å². The summed E-state index contributed by atoms with van der Waals surface area (Å²) < 4.78 is 11.2. The highest BCUT2D eigenvalue weighted by Crippen LogP contribution is 2.31. The Morgan fingerprint density at radius 3 is 2.66 bits per heavy atom. The van der Waals surface area contributed by atoms with Gasteiger partial charge in [-0.3, -0.25) is 0 Å². The van der Waals surface area contributed by atoms with E-state index in [4.69, 9.17) is 32.7 Å². The van der Waals surface area contributed by atoms with Crippen molar-refractivity contribution in [1.29, 1.82) is 0 Å². The first-order valence-corrected chi connectivity index (χ1v) is 10.1. The molecule has 0 spiro atoms. The molecule has 1 aliphatic heterocycles. The molecule has 1 heterocycles. The van der Waals surface area contributed by atoms with Crippen LogP contribution >= 0.6 is 23.2 Å². The molecule has 0 aromatic heterocycles. The Bertz CT molecular complexity index is 832. The number of methoxy groups -OCH3 is 1. The molecule has 2 N–H and O–H groups in total. The minimum Gasteiger partial charge on any atom is -0.497 e. The molecule has 0 saturated carbocycles. The average molecular weight is 439 g/mol. The third kappa shape index (κ3) is 5.76. The van der Waals surface area contributed by atoms with Gasteiger partial charge in [-0.15, -0.1) is 0 Å². The van der Waals surface area contributed by atoms with E-state index < -0.39 is 6.09 Å². The van der Waals surface area contributed by atoms with Gasteiger partial charge in [-0.1, -0.05) is 41.4 Å². The fourth-order valence-electron chi connectivity index (χ4n) is 3.42. The normalized spacial score (nSPS) is 19.6. The molecule has 1 aliphatic rings. The van der Waals surface area contributed by atoms with Crippen molar-refractivity contribution in [3.63, 3.8) is 0 Å². The highest BCUT2D eigenvalue weighted by atomic mass is 35.5. The summed E-state index contributed by atoms with van der Waals surface area (Å²) in [5.41, 5.74) is 2.03. The minimum absolute atomic E-state index is 0.160. The Hall–Kier alpha value is -1.99. The van der Waals surface area contributed by atoms with E-state index in [0.717, 1.165) is 16.9 Å². The number of amides is 1. The van der Waals surface area contributed by atoms with E-state index >= 15 is 0 Å². The lowest BCUT2D eigenvalue weighted by molar-refractivity contribution is 0.0509. The van der Waals surface area contributed by atoms with Gasteiger partial charge in [0.1, 0.15) is 5.75 Å². The summed E-state index contributed by atoms with van der Waals surface area (Å²) in [5, 5.41) is 13.8. The third-order valence-corrected chi connectivity index (χ3v) is 5.77. The highest BCUT2D eigenvalue weighted by molar-refractivity contribution is 6.42. The van der Waals surface area contributed by atoms with Gasteiger partial charge in [-0.2, -0.15) is 0 Å². The molecule has 2 aromatic carbocycles. The molecular weight excluding hydrogens is 415 g/mol. The molecule has 6 nitrogen and oxygen atoms in total. The van der Waals surface area contributed by atoms with E-state index in [-0.39, 0.29) is 12.0 Å². The van der Waals surface area contributed by atoms with Crippen molar-refractivity contribution >= 4 is 29.3 Å². The maximum absolute atomic E-state index is 11.6. The molecule has 2 atom stereocenters. The second-order valence-electron chi connectivity index (χ2n) is 6.90. The van der Waals surface area contributed by atoms with Crippen LogP contribution < -0.4 is 10.1 Å². The standard InChI is InChI=1S/C21H24Cl2N2O4/c1-28-16-5-2-14(3-6-16)11-24-12-20-17(13-25(21(26)27)8-9-29-20)15-4-7-18(22)19(23)10-15/h2-7,10,17,20,24H,8-9,11-13H2,1H3,(H,26,27)/t17-,20-/m1/s1. The lowest BCUT2D eigenvalue weighted by Gasteiger charge is -2.27. The van der Waals surface area contributed by atoms with Crippen molar-refractivity contribution in [3.8, 4) is 5.75 Å². The molecule has 1 fully saturated rings. The van der Waals surface area contributed by atoms with Crippen LogP contribution in [0.1, 0.15) is 17.0 Å². The summed E-state index contributed by atoms with van der Waals surface area (Å²) in [7, 11) is 1.64. The summed E-state index contributed by atoms with van der Waals surface area (Å²) in [6, 6.07) is 13.2. The molecule has 29 heavy (non-hydrogen) atoms. The predicted octanol–water partition coefficient (Wildman–Crippen LogP) is 4.25. The number of nitrogens with zero attached hydrogens (tertiary/aromatic N) is 1. The van der Waals surface area contributed by atoms with Gasteiger partial charge < -0.3 is 24.8 Å². The van der Waals surface area contributed by atoms with Gasteiger partial charge in [-0.05, 0) is 35.4 Å². The maximum atomic E-state index is 11.6. The summed E-state index contributed by atoms with van der Waals surface area (Å²) in [5.74, 6) is 0.654. The Balaban J connectivity index is 1.72. The zero-order valence-corrected chi connectivity index (χ0v) is 17.6. The number of hydrogen-bond acceptors (Lipinski definition) is 4. The molecule has 0 bridgehead atoms. The molecule has 0 aliphatic carbocycles. The largest absolute Gasteiger partial charge is 0.497 e. The van der Waals surface area contributed by atoms with Gasteiger partial charge in [0.15, 0.2) is 0 Å². The molecule has 1 saturated heterocycles. The van der Waals surface area contributed by atoms with Crippen LogP contribution in [0.2, 0.25) is 10.0 Å². The summed E-state index contributed by atoms with van der Waals surface area (Å²) >= 11 is 12.3. The van der Waals surface area contributed by atoms with Crippen LogP contribution in [-0.2, 0) is 11.3 Å². The van der Waals surface area contributed by atoms with Crippen molar-refractivity contribution in [1.82, 2.24) is 10.2 Å². The molecule has 0 radical (unpaired) electrons. The van der Waals surface area contributed by atoms with Crippen LogP contribution in [-0.4, -0.2) is 55.6 Å². The number of rotatable bonds is 6. The van der Waals surface area contributed by atoms with Gasteiger partial charge in [0.05, 0.1) is 29.9 Å². The van der Waals surface area contributed by atoms with Gasteiger partial charge in [-0.25, -0.2) is 4.79 Å². The Kier molecular flexibility index (Phi) is 7.61. The second kappa shape index (κ2) is 10.2. The molecule has 8 heteroatoms. The third-order valence-electron chi connectivity index (χ3n) is 5.04. The molecule has 2 aromatic rings. The summed E-state index contributed by atoms with van der Waals surface area (Å²) in [4.78, 5) is 12.9. The maximum Gasteiger partial charge on any atom is 0.407 e. The Morgan fingerprint density at radius 2 is 2.00 bits per heavy atom. The van der Waals surface area contributed by atoms with E-state index in [1.165, 1.54) is 4.90 Å². The Labute approximate surface area is 180 Å². The first-order valence-electron chi connectivity index (χ1n) is 9.36. The zero-order chi connectivity index (χ0) is 20.8. The number of hydrogen-bond donors (Lipinski definition) is 2. The van der Waals surface area contributed by atoms with Crippen molar-refractivity contribution in [3.05, 3.63) is 63.6 Å². The van der Waals surface area contributed by atoms with Crippen molar-refractivity contribution in [2.75, 3.05) is 33.4 Å². The van der Waals surface area contributed by atoms with Crippen LogP contribution in [0, 0.1) is 0 Å². The zero-order valence-electron chi connectivity index (χ0n) is 16.1. The smallest absolute Gasteiger partial charge is 0.407 e. The number of carbonyl (C=O) groups is 1. The number of benzene rings is 2. The van der Waals surface area contributed by atoms with Gasteiger partial charge in [0, 0.05) is 32.1 Å². The molecular formula is C21H24Cl2N2O4. The SMILES string of the molecule is COc1ccc(CNC[C@H]2OCCN(C(=O)O)C[C@@H]2c2ccc(Cl)c(Cl)c2)cc1. The average Bonchev–Trinajstić information content (AvgIpc) is 2.93. The molecule has 1 amide bonds. The van der Waals surface area contributed by atoms with E-state index in [9.17, 15) is 9.90 Å². The molecule has 0 unspecified atom stereocenters. The van der Waals surface area contributed by atoms with E-state index in [1.54, 1.807) is 19.2 Å². The number of halogens is 2. The van der Waals surface area contributed by atoms with Gasteiger partial charge >= 0.3 is 6.09 Å². The summed E-state index contributed by atoms with van der Waals surface area (Å²) in [6.45, 7) is 2.26. The monoisotopic (exact) mass is 438 g/mol. The Morgan fingerprint density at radius 1 is 1.24 bits per heavy atom. The first kappa shape index (κ1) is 21.7. The van der Waals surface area contributed by atoms with Crippen molar-refractivity contribution in [2.24, 2.45) is 0 Å². The van der Waals surface area contributed by atoms with Crippen LogP contribution in [0.15, 0.2) is 42.5 Å².